The summed E-state index contributed by atoms with van der Waals surface area (Å²) in [5.74, 6) is 0.680. The maximum atomic E-state index is 4.64. The maximum absolute atomic E-state index is 4.64. The van der Waals surface area contributed by atoms with Crippen molar-refractivity contribution in [3.8, 4) is 28.3 Å². The molecular formula is C20H15N3. The summed E-state index contributed by atoms with van der Waals surface area (Å²) >= 11 is 0. The van der Waals surface area contributed by atoms with Gasteiger partial charge in [0.15, 0.2) is 0 Å². The van der Waals surface area contributed by atoms with Crippen molar-refractivity contribution in [3.63, 3.8) is 0 Å². The average Bonchev–Trinajstić information content (AvgIpc) is 3.18. The monoisotopic (exact) mass is 297 g/mol. The van der Waals surface area contributed by atoms with E-state index < -0.39 is 0 Å². The Hall–Kier alpha value is -3.20. The standard InChI is InChI=1S/C20H15N3/c1-2-6-16(7-3-1)17-8-10-18(11-9-17)19-12-13-21-20(22-19)23-14-4-5-15-23/h1-15H. The van der Waals surface area contributed by atoms with E-state index in [4.69, 9.17) is 0 Å². The third-order valence-corrected chi connectivity index (χ3v) is 3.77. The van der Waals surface area contributed by atoms with Crippen LogP contribution >= 0.6 is 0 Å². The van der Waals surface area contributed by atoms with Gasteiger partial charge in [0, 0.05) is 24.2 Å². The predicted octanol–water partition coefficient (Wildman–Crippen LogP) is 4.60. The van der Waals surface area contributed by atoms with E-state index in [9.17, 15) is 0 Å². The van der Waals surface area contributed by atoms with Crippen molar-refractivity contribution < 1.29 is 0 Å². The van der Waals surface area contributed by atoms with Crippen LogP contribution in [0.2, 0.25) is 0 Å². The lowest BCUT2D eigenvalue weighted by Gasteiger charge is -2.06. The van der Waals surface area contributed by atoms with E-state index in [2.05, 4.69) is 58.5 Å². The van der Waals surface area contributed by atoms with E-state index in [1.54, 1.807) is 6.20 Å². The molecule has 0 fully saturated rings. The molecule has 23 heavy (non-hydrogen) atoms. The van der Waals surface area contributed by atoms with Crippen molar-refractivity contribution >= 4 is 0 Å². The minimum atomic E-state index is 0.680. The van der Waals surface area contributed by atoms with Gasteiger partial charge >= 0.3 is 0 Å². The molecule has 0 radical (unpaired) electrons. The van der Waals surface area contributed by atoms with Crippen LogP contribution in [0.25, 0.3) is 28.3 Å². The van der Waals surface area contributed by atoms with E-state index in [0.717, 1.165) is 11.3 Å². The molecular weight excluding hydrogens is 282 g/mol. The number of hydrogen-bond donors (Lipinski definition) is 0. The van der Waals surface area contributed by atoms with Crippen LogP contribution < -0.4 is 0 Å². The molecule has 2 aromatic heterocycles. The molecule has 0 unspecified atom stereocenters. The summed E-state index contributed by atoms with van der Waals surface area (Å²) in [5.41, 5.74) is 4.42. The first-order valence-electron chi connectivity index (χ1n) is 7.52. The van der Waals surface area contributed by atoms with Crippen LogP contribution in [-0.2, 0) is 0 Å². The second kappa shape index (κ2) is 5.89. The number of aromatic nitrogens is 3. The second-order valence-corrected chi connectivity index (χ2v) is 5.28. The van der Waals surface area contributed by atoms with Crippen LogP contribution in [0.15, 0.2) is 91.4 Å². The van der Waals surface area contributed by atoms with Crippen molar-refractivity contribution in [1.82, 2.24) is 14.5 Å². The van der Waals surface area contributed by atoms with Crippen LogP contribution in [-0.4, -0.2) is 14.5 Å². The van der Waals surface area contributed by atoms with Gasteiger partial charge in [-0.25, -0.2) is 9.97 Å². The molecule has 0 saturated carbocycles. The van der Waals surface area contributed by atoms with Gasteiger partial charge in [0.1, 0.15) is 0 Å². The molecule has 2 heterocycles. The Labute approximate surface area is 134 Å². The number of rotatable bonds is 3. The highest BCUT2D eigenvalue weighted by Crippen LogP contribution is 2.23. The minimum Gasteiger partial charge on any atom is -0.293 e. The van der Waals surface area contributed by atoms with E-state index in [-0.39, 0.29) is 0 Å². The molecule has 0 aliphatic carbocycles. The van der Waals surface area contributed by atoms with Crippen molar-refractivity contribution in [3.05, 3.63) is 91.4 Å². The van der Waals surface area contributed by atoms with Gasteiger partial charge in [-0.1, -0.05) is 54.6 Å². The van der Waals surface area contributed by atoms with Crippen LogP contribution in [0.5, 0.6) is 0 Å². The fourth-order valence-electron chi connectivity index (χ4n) is 2.57. The highest BCUT2D eigenvalue weighted by atomic mass is 15.1. The van der Waals surface area contributed by atoms with Crippen LogP contribution in [0.4, 0.5) is 0 Å². The summed E-state index contributed by atoms with van der Waals surface area (Å²) in [4.78, 5) is 8.96. The van der Waals surface area contributed by atoms with Crippen molar-refractivity contribution in [2.75, 3.05) is 0 Å². The Balaban J connectivity index is 1.68. The molecule has 0 atom stereocenters. The third kappa shape index (κ3) is 2.77. The highest BCUT2D eigenvalue weighted by molar-refractivity contribution is 5.68. The van der Waals surface area contributed by atoms with E-state index in [0.29, 0.717) is 5.95 Å². The number of hydrogen-bond acceptors (Lipinski definition) is 2. The normalized spacial score (nSPS) is 10.6. The van der Waals surface area contributed by atoms with Gasteiger partial charge in [0.05, 0.1) is 5.69 Å². The summed E-state index contributed by atoms with van der Waals surface area (Å²) in [6.45, 7) is 0. The quantitative estimate of drug-likeness (QED) is 0.553. The molecule has 0 saturated heterocycles. The van der Waals surface area contributed by atoms with Crippen molar-refractivity contribution in [2.24, 2.45) is 0 Å². The highest BCUT2D eigenvalue weighted by Gasteiger charge is 2.04. The minimum absolute atomic E-state index is 0.680. The lowest BCUT2D eigenvalue weighted by molar-refractivity contribution is 0.938. The summed E-state index contributed by atoms with van der Waals surface area (Å²) in [6.07, 6.45) is 5.68. The molecule has 0 bridgehead atoms. The molecule has 0 N–H and O–H groups in total. The van der Waals surface area contributed by atoms with Gasteiger partial charge < -0.3 is 0 Å². The fourth-order valence-corrected chi connectivity index (χ4v) is 2.57. The Kier molecular flexibility index (Phi) is 3.45. The predicted molar refractivity (Wildman–Crippen MR) is 92.2 cm³/mol. The summed E-state index contributed by atoms with van der Waals surface area (Å²) < 4.78 is 1.90. The Morgan fingerprint density at radius 3 is 2.00 bits per heavy atom. The van der Waals surface area contributed by atoms with Crippen molar-refractivity contribution in [2.45, 2.75) is 0 Å². The summed E-state index contributed by atoms with van der Waals surface area (Å²) in [7, 11) is 0. The van der Waals surface area contributed by atoms with Gasteiger partial charge in [-0.2, -0.15) is 0 Å². The zero-order chi connectivity index (χ0) is 15.5. The molecule has 2 aromatic carbocycles. The number of benzene rings is 2. The van der Waals surface area contributed by atoms with E-state index in [1.807, 2.05) is 41.2 Å². The SMILES string of the molecule is c1ccc(-c2ccc(-c3ccnc(-n4cccc4)n3)cc2)cc1. The van der Waals surface area contributed by atoms with Gasteiger partial charge in [-0.3, -0.25) is 4.57 Å². The van der Waals surface area contributed by atoms with Gasteiger partial charge in [0.2, 0.25) is 5.95 Å². The molecule has 0 aliphatic rings. The second-order valence-electron chi connectivity index (χ2n) is 5.28. The van der Waals surface area contributed by atoms with E-state index >= 15 is 0 Å². The maximum Gasteiger partial charge on any atom is 0.234 e. The lowest BCUT2D eigenvalue weighted by atomic mass is 10.0. The number of nitrogens with zero attached hydrogens (tertiary/aromatic N) is 3. The first kappa shape index (κ1) is 13.5. The average molecular weight is 297 g/mol. The molecule has 3 heteroatoms. The molecule has 4 rings (SSSR count). The molecule has 0 aliphatic heterocycles. The first-order valence-corrected chi connectivity index (χ1v) is 7.52. The van der Waals surface area contributed by atoms with E-state index in [1.165, 1.54) is 11.1 Å². The summed E-state index contributed by atoms with van der Waals surface area (Å²) in [6, 6.07) is 24.7. The summed E-state index contributed by atoms with van der Waals surface area (Å²) in [5, 5.41) is 0. The topological polar surface area (TPSA) is 30.7 Å². The van der Waals surface area contributed by atoms with Crippen LogP contribution in [0.1, 0.15) is 0 Å². The Morgan fingerprint density at radius 2 is 1.26 bits per heavy atom. The van der Waals surface area contributed by atoms with Crippen molar-refractivity contribution in [1.29, 1.82) is 0 Å². The molecule has 110 valence electrons. The van der Waals surface area contributed by atoms with Gasteiger partial charge in [0.25, 0.3) is 0 Å². The first-order chi connectivity index (χ1) is 11.4. The largest absolute Gasteiger partial charge is 0.293 e. The van der Waals surface area contributed by atoms with Gasteiger partial charge in [-0.15, -0.1) is 0 Å². The molecule has 3 nitrogen and oxygen atoms in total. The zero-order valence-electron chi connectivity index (χ0n) is 12.5. The van der Waals surface area contributed by atoms with Gasteiger partial charge in [-0.05, 0) is 29.3 Å². The zero-order valence-corrected chi connectivity index (χ0v) is 12.5. The Bertz CT molecular complexity index is 895. The van der Waals surface area contributed by atoms with Crippen LogP contribution in [0.3, 0.4) is 0 Å². The smallest absolute Gasteiger partial charge is 0.234 e. The lowest BCUT2D eigenvalue weighted by Crippen LogP contribution is -1.98. The van der Waals surface area contributed by atoms with Crippen LogP contribution in [0, 0.1) is 0 Å². The molecule has 0 spiro atoms. The third-order valence-electron chi connectivity index (χ3n) is 3.77. The molecule has 4 aromatic rings. The fraction of sp³-hybridized carbons (Fsp3) is 0. The molecule has 0 amide bonds. The Morgan fingerprint density at radius 1 is 0.609 bits per heavy atom.